The van der Waals surface area contributed by atoms with Crippen molar-refractivity contribution in [3.8, 4) is 0 Å². The predicted molar refractivity (Wildman–Crippen MR) is 43.9 cm³/mol. The van der Waals surface area contributed by atoms with E-state index in [0.717, 1.165) is 5.69 Å². The van der Waals surface area contributed by atoms with Gasteiger partial charge in [0.05, 0.1) is 11.4 Å². The molecule has 0 aliphatic heterocycles. The van der Waals surface area contributed by atoms with Crippen LogP contribution < -0.4 is 5.73 Å². The highest BCUT2D eigenvalue weighted by molar-refractivity contribution is 7.99. The number of thioether (sulfide) groups is 1. The van der Waals surface area contributed by atoms with Gasteiger partial charge < -0.3 is 10.2 Å². The molecule has 0 aromatic carbocycles. The van der Waals surface area contributed by atoms with Gasteiger partial charge in [0.1, 0.15) is 12.1 Å². The fourth-order valence-corrected chi connectivity index (χ4v) is 1.14. The molecule has 0 fully saturated rings. The van der Waals surface area contributed by atoms with Crippen molar-refractivity contribution >= 4 is 17.6 Å². The summed E-state index contributed by atoms with van der Waals surface area (Å²) in [5.74, 6) is 0.561. The molecule has 0 saturated carbocycles. The Balaban J connectivity index is 2.45. The first-order chi connectivity index (χ1) is 5.18. The molecule has 0 amide bonds. The van der Waals surface area contributed by atoms with E-state index in [2.05, 4.69) is 4.98 Å². The normalized spacial score (nSPS) is 9.91. The van der Waals surface area contributed by atoms with Crippen LogP contribution in [0.3, 0.4) is 0 Å². The van der Waals surface area contributed by atoms with Crippen LogP contribution in [0.1, 0.15) is 5.69 Å². The summed E-state index contributed by atoms with van der Waals surface area (Å²) in [5, 5.41) is 7.51. The minimum atomic E-state index is 0.130. The number of hydrogen-bond donors (Lipinski definition) is 2. The van der Waals surface area contributed by atoms with Crippen LogP contribution in [0.15, 0.2) is 15.9 Å². The molecule has 1 heterocycles. The molecule has 60 valence electrons. The zero-order chi connectivity index (χ0) is 8.27. The van der Waals surface area contributed by atoms with E-state index in [0.29, 0.717) is 11.0 Å². The van der Waals surface area contributed by atoms with Gasteiger partial charge in [-0.2, -0.15) is 0 Å². The lowest BCUT2D eigenvalue weighted by molar-refractivity contribution is 0.454. The number of rotatable bonds is 3. The maximum Gasteiger partial charge on any atom is 0.256 e. The van der Waals surface area contributed by atoms with Crippen LogP contribution in [-0.2, 0) is 0 Å². The summed E-state index contributed by atoms with van der Waals surface area (Å²) in [4.78, 5) is 4.03. The topological polar surface area (TPSA) is 75.9 Å². The van der Waals surface area contributed by atoms with Crippen molar-refractivity contribution in [1.82, 2.24) is 4.98 Å². The number of oxazole rings is 1. The van der Waals surface area contributed by atoms with Crippen LogP contribution in [0.25, 0.3) is 0 Å². The van der Waals surface area contributed by atoms with Crippen molar-refractivity contribution in [1.29, 1.82) is 5.41 Å². The Labute approximate surface area is 68.7 Å². The monoisotopic (exact) mass is 171 g/mol. The Morgan fingerprint density at radius 2 is 2.64 bits per heavy atom. The molecule has 11 heavy (non-hydrogen) atoms. The fraction of sp³-hybridized carbons (Fsp3) is 0.333. The van der Waals surface area contributed by atoms with E-state index in [1.54, 1.807) is 6.26 Å². The van der Waals surface area contributed by atoms with E-state index in [1.165, 1.54) is 11.8 Å². The SMILES string of the molecule is Cc1coc(SCC(=N)N)n1. The summed E-state index contributed by atoms with van der Waals surface area (Å²) in [6, 6.07) is 0. The average molecular weight is 171 g/mol. The molecular weight excluding hydrogens is 162 g/mol. The number of hydrogen-bond acceptors (Lipinski definition) is 4. The molecule has 3 N–H and O–H groups in total. The lowest BCUT2D eigenvalue weighted by Crippen LogP contribution is -2.11. The number of aryl methyl sites for hydroxylation is 1. The van der Waals surface area contributed by atoms with Crippen LogP contribution in [0.4, 0.5) is 0 Å². The maximum absolute atomic E-state index is 6.94. The van der Waals surface area contributed by atoms with E-state index >= 15 is 0 Å². The third kappa shape index (κ3) is 2.63. The lowest BCUT2D eigenvalue weighted by Gasteiger charge is -1.91. The summed E-state index contributed by atoms with van der Waals surface area (Å²) in [5.41, 5.74) is 5.98. The Morgan fingerprint density at radius 1 is 1.91 bits per heavy atom. The minimum absolute atomic E-state index is 0.130. The van der Waals surface area contributed by atoms with Gasteiger partial charge in [0, 0.05) is 0 Å². The number of nitrogens with one attached hydrogen (secondary N) is 1. The van der Waals surface area contributed by atoms with Gasteiger partial charge in [-0.1, -0.05) is 11.8 Å². The van der Waals surface area contributed by atoms with Gasteiger partial charge in [0.2, 0.25) is 0 Å². The Bertz CT molecular complexity index is 258. The molecule has 0 aliphatic carbocycles. The van der Waals surface area contributed by atoms with Crippen molar-refractivity contribution in [3.05, 3.63) is 12.0 Å². The molecule has 0 unspecified atom stereocenters. The van der Waals surface area contributed by atoms with Gasteiger partial charge in [-0.15, -0.1) is 0 Å². The molecule has 1 aromatic rings. The zero-order valence-corrected chi connectivity index (χ0v) is 6.94. The van der Waals surface area contributed by atoms with Crippen molar-refractivity contribution in [2.75, 3.05) is 5.75 Å². The molecule has 5 heteroatoms. The zero-order valence-electron chi connectivity index (χ0n) is 6.13. The second-order valence-corrected chi connectivity index (χ2v) is 3.00. The minimum Gasteiger partial charge on any atom is -0.440 e. The highest BCUT2D eigenvalue weighted by atomic mass is 32.2. The van der Waals surface area contributed by atoms with Crippen LogP contribution in [-0.4, -0.2) is 16.6 Å². The Morgan fingerprint density at radius 3 is 3.09 bits per heavy atom. The third-order valence-electron chi connectivity index (χ3n) is 0.949. The average Bonchev–Trinajstić information content (AvgIpc) is 2.31. The Hall–Kier alpha value is -0.970. The van der Waals surface area contributed by atoms with Gasteiger partial charge in [-0.05, 0) is 6.92 Å². The molecule has 0 radical (unpaired) electrons. The first kappa shape index (κ1) is 8.13. The molecule has 1 rings (SSSR count). The van der Waals surface area contributed by atoms with Crippen LogP contribution >= 0.6 is 11.8 Å². The van der Waals surface area contributed by atoms with E-state index < -0.39 is 0 Å². The summed E-state index contributed by atoms with van der Waals surface area (Å²) in [6.45, 7) is 1.85. The van der Waals surface area contributed by atoms with E-state index in [1.807, 2.05) is 6.92 Å². The standard InChI is InChI=1S/C6H9N3OS/c1-4-2-10-6(9-4)11-3-5(7)8/h2H,3H2,1H3,(H3,7,8). The van der Waals surface area contributed by atoms with Gasteiger partial charge in [0.15, 0.2) is 0 Å². The predicted octanol–water partition coefficient (Wildman–Crippen LogP) is 1.01. The second kappa shape index (κ2) is 3.43. The molecule has 1 aromatic heterocycles. The summed E-state index contributed by atoms with van der Waals surface area (Å²) < 4.78 is 5.01. The van der Waals surface area contributed by atoms with Gasteiger partial charge >= 0.3 is 0 Å². The van der Waals surface area contributed by atoms with Gasteiger partial charge in [0.25, 0.3) is 5.22 Å². The van der Waals surface area contributed by atoms with Crippen LogP contribution in [0, 0.1) is 12.3 Å². The molecule has 0 atom stereocenters. The highest BCUT2D eigenvalue weighted by Crippen LogP contribution is 2.15. The third-order valence-corrected chi connectivity index (χ3v) is 1.84. The van der Waals surface area contributed by atoms with Crippen molar-refractivity contribution in [2.24, 2.45) is 5.73 Å². The first-order valence-electron chi connectivity index (χ1n) is 3.06. The van der Waals surface area contributed by atoms with Gasteiger partial charge in [-0.3, -0.25) is 5.41 Å². The Kier molecular flexibility index (Phi) is 2.53. The number of nitrogens with zero attached hydrogens (tertiary/aromatic N) is 1. The number of nitrogens with two attached hydrogens (primary N) is 1. The van der Waals surface area contributed by atoms with Crippen molar-refractivity contribution in [2.45, 2.75) is 12.1 Å². The summed E-state index contributed by atoms with van der Waals surface area (Å²) in [7, 11) is 0. The van der Waals surface area contributed by atoms with Crippen LogP contribution in [0.5, 0.6) is 0 Å². The van der Waals surface area contributed by atoms with Gasteiger partial charge in [-0.25, -0.2) is 4.98 Å². The molecule has 0 spiro atoms. The first-order valence-corrected chi connectivity index (χ1v) is 4.05. The highest BCUT2D eigenvalue weighted by Gasteiger charge is 2.00. The smallest absolute Gasteiger partial charge is 0.256 e. The second-order valence-electron chi connectivity index (χ2n) is 2.07. The molecule has 0 saturated heterocycles. The lowest BCUT2D eigenvalue weighted by atomic mass is 10.6. The van der Waals surface area contributed by atoms with E-state index in [9.17, 15) is 0 Å². The largest absolute Gasteiger partial charge is 0.440 e. The van der Waals surface area contributed by atoms with Crippen molar-refractivity contribution < 1.29 is 4.42 Å². The number of aromatic nitrogens is 1. The maximum atomic E-state index is 6.94. The van der Waals surface area contributed by atoms with Crippen molar-refractivity contribution in [3.63, 3.8) is 0 Å². The molecule has 0 bridgehead atoms. The summed E-state index contributed by atoms with van der Waals surface area (Å²) >= 11 is 1.32. The molecule has 4 nitrogen and oxygen atoms in total. The van der Waals surface area contributed by atoms with E-state index in [-0.39, 0.29) is 5.84 Å². The quantitative estimate of drug-likeness (QED) is 0.404. The van der Waals surface area contributed by atoms with E-state index in [4.69, 9.17) is 15.6 Å². The fourth-order valence-electron chi connectivity index (χ4n) is 0.538. The molecular formula is C6H9N3OS. The van der Waals surface area contributed by atoms with Crippen LogP contribution in [0.2, 0.25) is 0 Å². The number of amidine groups is 1. The summed E-state index contributed by atoms with van der Waals surface area (Å²) in [6.07, 6.45) is 1.57. The molecule has 0 aliphatic rings.